The maximum absolute atomic E-state index is 12.4. The summed E-state index contributed by atoms with van der Waals surface area (Å²) in [5.74, 6) is -0.595. The largest absolute Gasteiger partial charge is 0.490 e. The molecule has 0 saturated heterocycles. The predicted octanol–water partition coefficient (Wildman–Crippen LogP) is 5.91. The van der Waals surface area contributed by atoms with E-state index in [0.717, 1.165) is 11.1 Å². The van der Waals surface area contributed by atoms with E-state index in [9.17, 15) is 14.7 Å². The van der Waals surface area contributed by atoms with Crippen molar-refractivity contribution in [2.75, 3.05) is 6.61 Å². The Bertz CT molecular complexity index is 1200. The van der Waals surface area contributed by atoms with Crippen LogP contribution in [0, 0.1) is 0 Å². The van der Waals surface area contributed by atoms with Gasteiger partial charge in [-0.15, -0.1) is 0 Å². The highest BCUT2D eigenvalue weighted by Gasteiger charge is 2.19. The lowest BCUT2D eigenvalue weighted by atomic mass is 10.1. The Balaban J connectivity index is 1.71. The zero-order valence-electron chi connectivity index (χ0n) is 19.0. The Morgan fingerprint density at radius 3 is 2.49 bits per heavy atom. The molecule has 182 valence electrons. The monoisotopic (exact) mass is 557 g/mol. The lowest BCUT2D eigenvalue weighted by Gasteiger charge is -2.15. The lowest BCUT2D eigenvalue weighted by Crippen LogP contribution is -2.41. The van der Waals surface area contributed by atoms with Crippen LogP contribution in [-0.2, 0) is 22.6 Å². The number of ether oxygens (including phenoxy) is 2. The Labute approximate surface area is 217 Å². The molecule has 8 heteroatoms. The molecule has 1 amide bonds. The average molecular weight is 559 g/mol. The zero-order chi connectivity index (χ0) is 25.2. The van der Waals surface area contributed by atoms with Crippen molar-refractivity contribution in [2.24, 2.45) is 0 Å². The minimum absolute atomic E-state index is 0.188. The summed E-state index contributed by atoms with van der Waals surface area (Å²) in [6, 6.07) is 19.1. The van der Waals surface area contributed by atoms with E-state index in [1.807, 2.05) is 55.5 Å². The van der Waals surface area contributed by atoms with Crippen LogP contribution in [0.15, 0.2) is 77.3 Å². The topological polar surface area (TPSA) is 84.9 Å². The number of carbonyl (C=O) groups is 2. The fourth-order valence-electron chi connectivity index (χ4n) is 3.29. The quantitative estimate of drug-likeness (QED) is 0.286. The van der Waals surface area contributed by atoms with Gasteiger partial charge in [0.25, 0.3) is 0 Å². The second-order valence-electron chi connectivity index (χ2n) is 7.57. The molecule has 6 nitrogen and oxygen atoms in total. The van der Waals surface area contributed by atoms with E-state index in [0.29, 0.717) is 33.2 Å². The second-order valence-corrected chi connectivity index (χ2v) is 8.83. The zero-order valence-corrected chi connectivity index (χ0v) is 21.4. The normalized spacial score (nSPS) is 11.7. The summed E-state index contributed by atoms with van der Waals surface area (Å²) in [6.45, 7) is 2.54. The van der Waals surface area contributed by atoms with Crippen LogP contribution in [0.3, 0.4) is 0 Å². The number of carboxylic acid groups (broad SMARTS) is 1. The standard InChI is InChI=1S/C27H25BrClNO5/c1-2-34-24-16-19(14-21(28)26(24)35-17-20-10-6-7-11-22(20)29)12-13-25(31)30-23(27(32)33)15-18-8-4-3-5-9-18/h3-14,16,23H,2,15,17H2,1H3,(H,30,31)(H,32,33)/b13-12+/t23-/m0/s1. The summed E-state index contributed by atoms with van der Waals surface area (Å²) in [5.41, 5.74) is 2.34. The number of rotatable bonds is 11. The average Bonchev–Trinajstić information content (AvgIpc) is 2.83. The van der Waals surface area contributed by atoms with Crippen LogP contribution < -0.4 is 14.8 Å². The maximum atomic E-state index is 12.4. The third kappa shape index (κ3) is 7.87. The maximum Gasteiger partial charge on any atom is 0.326 e. The summed E-state index contributed by atoms with van der Waals surface area (Å²) in [7, 11) is 0. The Hall–Kier alpha value is -3.29. The molecule has 0 saturated carbocycles. The molecular weight excluding hydrogens is 534 g/mol. The fourth-order valence-corrected chi connectivity index (χ4v) is 4.06. The molecule has 0 unspecified atom stereocenters. The summed E-state index contributed by atoms with van der Waals surface area (Å²) < 4.78 is 12.4. The third-order valence-electron chi connectivity index (χ3n) is 4.99. The molecule has 0 heterocycles. The van der Waals surface area contributed by atoms with E-state index < -0.39 is 17.9 Å². The second kappa shape index (κ2) is 13.0. The molecule has 0 aliphatic heterocycles. The van der Waals surface area contributed by atoms with Gasteiger partial charge in [0.1, 0.15) is 12.6 Å². The molecule has 1 atom stereocenters. The van der Waals surface area contributed by atoms with Crippen molar-refractivity contribution in [3.8, 4) is 11.5 Å². The number of halogens is 2. The van der Waals surface area contributed by atoms with E-state index in [-0.39, 0.29) is 13.0 Å². The smallest absolute Gasteiger partial charge is 0.326 e. The van der Waals surface area contributed by atoms with Crippen molar-refractivity contribution in [3.05, 3.63) is 99.0 Å². The molecule has 2 N–H and O–H groups in total. The molecule has 0 fully saturated rings. The first-order chi connectivity index (χ1) is 16.9. The Morgan fingerprint density at radius 2 is 1.80 bits per heavy atom. The number of aliphatic carboxylic acids is 1. The number of carbonyl (C=O) groups excluding carboxylic acids is 1. The van der Waals surface area contributed by atoms with Gasteiger partial charge < -0.3 is 19.9 Å². The van der Waals surface area contributed by atoms with E-state index in [1.54, 1.807) is 24.3 Å². The van der Waals surface area contributed by atoms with Crippen LogP contribution in [0.25, 0.3) is 6.08 Å². The Kier molecular flexibility index (Phi) is 9.76. The van der Waals surface area contributed by atoms with Crippen LogP contribution in [0.5, 0.6) is 11.5 Å². The summed E-state index contributed by atoms with van der Waals surface area (Å²) in [5, 5.41) is 12.6. The predicted molar refractivity (Wildman–Crippen MR) is 140 cm³/mol. The number of hydrogen-bond donors (Lipinski definition) is 2. The van der Waals surface area contributed by atoms with E-state index in [1.165, 1.54) is 6.08 Å². The van der Waals surface area contributed by atoms with Crippen LogP contribution in [0.1, 0.15) is 23.6 Å². The van der Waals surface area contributed by atoms with E-state index in [2.05, 4.69) is 21.2 Å². The van der Waals surface area contributed by atoms with Gasteiger partial charge in [-0.3, -0.25) is 4.79 Å². The van der Waals surface area contributed by atoms with Crippen molar-refractivity contribution >= 4 is 45.5 Å². The van der Waals surface area contributed by atoms with E-state index in [4.69, 9.17) is 21.1 Å². The molecule has 0 radical (unpaired) electrons. The van der Waals surface area contributed by atoms with Crippen molar-refractivity contribution < 1.29 is 24.2 Å². The van der Waals surface area contributed by atoms with Crippen LogP contribution in [0.4, 0.5) is 0 Å². The first kappa shape index (κ1) is 26.3. The first-order valence-electron chi connectivity index (χ1n) is 10.9. The number of amides is 1. The number of hydrogen-bond acceptors (Lipinski definition) is 4. The minimum atomic E-state index is -1.10. The van der Waals surface area contributed by atoms with Crippen LogP contribution in [0.2, 0.25) is 5.02 Å². The lowest BCUT2D eigenvalue weighted by molar-refractivity contribution is -0.141. The first-order valence-corrected chi connectivity index (χ1v) is 12.1. The van der Waals surface area contributed by atoms with Gasteiger partial charge in [-0.05, 0) is 58.3 Å². The van der Waals surface area contributed by atoms with Gasteiger partial charge in [0.05, 0.1) is 11.1 Å². The fraction of sp³-hybridized carbons (Fsp3) is 0.185. The van der Waals surface area contributed by atoms with Crippen LogP contribution in [-0.4, -0.2) is 29.6 Å². The molecule has 0 bridgehead atoms. The van der Waals surface area contributed by atoms with Gasteiger partial charge in [-0.2, -0.15) is 0 Å². The van der Waals surface area contributed by atoms with Crippen molar-refractivity contribution in [1.82, 2.24) is 5.32 Å². The molecule has 3 aromatic rings. The number of benzene rings is 3. The van der Waals surface area contributed by atoms with E-state index >= 15 is 0 Å². The number of carboxylic acids is 1. The summed E-state index contributed by atoms with van der Waals surface area (Å²) in [4.78, 5) is 24.0. The van der Waals surface area contributed by atoms with Gasteiger partial charge in [0.2, 0.25) is 5.91 Å². The highest BCUT2D eigenvalue weighted by atomic mass is 79.9. The molecular formula is C27H25BrClNO5. The molecule has 0 aliphatic carbocycles. The minimum Gasteiger partial charge on any atom is -0.490 e. The van der Waals surface area contributed by atoms with Crippen molar-refractivity contribution in [3.63, 3.8) is 0 Å². The van der Waals surface area contributed by atoms with Gasteiger partial charge >= 0.3 is 5.97 Å². The number of nitrogens with one attached hydrogen (secondary N) is 1. The van der Waals surface area contributed by atoms with Gasteiger partial charge in [0.15, 0.2) is 11.5 Å². The van der Waals surface area contributed by atoms with Gasteiger partial charge in [-0.25, -0.2) is 4.79 Å². The molecule has 3 aromatic carbocycles. The van der Waals surface area contributed by atoms with Gasteiger partial charge in [-0.1, -0.05) is 60.1 Å². The summed E-state index contributed by atoms with van der Waals surface area (Å²) >= 11 is 9.73. The van der Waals surface area contributed by atoms with Crippen molar-refractivity contribution in [1.29, 1.82) is 0 Å². The summed E-state index contributed by atoms with van der Waals surface area (Å²) in [6.07, 6.45) is 3.07. The third-order valence-corrected chi connectivity index (χ3v) is 5.94. The van der Waals surface area contributed by atoms with Gasteiger partial charge in [0, 0.05) is 23.1 Å². The molecule has 35 heavy (non-hydrogen) atoms. The highest BCUT2D eigenvalue weighted by Crippen LogP contribution is 2.38. The Morgan fingerprint density at radius 1 is 1.09 bits per heavy atom. The molecule has 0 spiro atoms. The van der Waals surface area contributed by atoms with Crippen molar-refractivity contribution in [2.45, 2.75) is 26.0 Å². The molecule has 0 aliphatic rings. The van der Waals surface area contributed by atoms with Crippen LogP contribution >= 0.6 is 27.5 Å². The molecule has 0 aromatic heterocycles. The molecule has 3 rings (SSSR count). The highest BCUT2D eigenvalue weighted by molar-refractivity contribution is 9.10. The SMILES string of the molecule is CCOc1cc(/C=C/C(=O)N[C@@H](Cc2ccccc2)C(=O)O)cc(Br)c1OCc1ccccc1Cl.